The van der Waals surface area contributed by atoms with E-state index in [0.717, 1.165) is 0 Å². The molecule has 0 amide bonds. The second-order valence-electron chi connectivity index (χ2n) is 2.90. The Morgan fingerprint density at radius 2 is 2.38 bits per heavy atom. The molecule has 13 heavy (non-hydrogen) atoms. The number of nitrogens with zero attached hydrogens (tertiary/aromatic N) is 3. The summed E-state index contributed by atoms with van der Waals surface area (Å²) >= 11 is 1.97. The third-order valence-corrected chi connectivity index (χ3v) is 1.92. The molecule has 0 aromatic heterocycles. The van der Waals surface area contributed by atoms with Gasteiger partial charge in [-0.3, -0.25) is 0 Å². The third kappa shape index (κ3) is 7.89. The summed E-state index contributed by atoms with van der Waals surface area (Å²) in [5.74, 6) is 0.452. The van der Waals surface area contributed by atoms with Gasteiger partial charge in [0.2, 0.25) is 0 Å². The van der Waals surface area contributed by atoms with Crippen molar-refractivity contribution >= 4 is 28.6 Å². The average molecular weight is 295 g/mol. The third-order valence-electron chi connectivity index (χ3n) is 1.33. The maximum Gasteiger partial charge on any atom is 0.130 e. The number of rotatable bonds is 6. The van der Waals surface area contributed by atoms with E-state index in [1.165, 1.54) is 3.22 Å². The van der Waals surface area contributed by atoms with Crippen molar-refractivity contribution in [3.05, 3.63) is 12.8 Å². The standard InChI is InChI=1S/C8H14IN3O/c1-4-12(9)11-10-6-7(2)5-8(3)13/h4,7H,1,5-6H2,2-3H3/b11-10-. The lowest BCUT2D eigenvalue weighted by atomic mass is 10.1. The number of Topliss-reactive ketones (excluding diaryl/α,β-unsaturated/α-hetero) is 1. The first-order chi connectivity index (χ1) is 6.06. The number of carbonyl (C=O) groups is 1. The first-order valence-corrected chi connectivity index (χ1v) is 4.97. The van der Waals surface area contributed by atoms with Crippen LogP contribution in [0.3, 0.4) is 0 Å². The molecule has 1 atom stereocenters. The van der Waals surface area contributed by atoms with E-state index < -0.39 is 0 Å². The minimum atomic E-state index is 0.192. The summed E-state index contributed by atoms with van der Waals surface area (Å²) in [6.45, 7) is 7.66. The number of ketones is 1. The fourth-order valence-electron chi connectivity index (χ4n) is 0.828. The quantitative estimate of drug-likeness (QED) is 0.327. The molecule has 4 nitrogen and oxygen atoms in total. The summed E-state index contributed by atoms with van der Waals surface area (Å²) in [5, 5.41) is 7.72. The van der Waals surface area contributed by atoms with Crippen LogP contribution >= 0.6 is 22.9 Å². The van der Waals surface area contributed by atoms with Gasteiger partial charge >= 0.3 is 0 Å². The number of hydrogen-bond donors (Lipinski definition) is 0. The van der Waals surface area contributed by atoms with E-state index in [1.54, 1.807) is 13.1 Å². The van der Waals surface area contributed by atoms with Gasteiger partial charge in [-0.1, -0.05) is 18.7 Å². The SMILES string of the molecule is C=CN(I)/N=N\CC(C)CC(C)=O. The van der Waals surface area contributed by atoms with Gasteiger partial charge in [0, 0.05) is 12.6 Å². The van der Waals surface area contributed by atoms with Crippen molar-refractivity contribution in [1.29, 1.82) is 0 Å². The molecule has 74 valence electrons. The molecule has 0 bridgehead atoms. The Labute approximate surface area is 92.6 Å². The van der Waals surface area contributed by atoms with Crippen LogP contribution in [-0.2, 0) is 4.79 Å². The van der Waals surface area contributed by atoms with Crippen molar-refractivity contribution in [1.82, 2.24) is 3.22 Å². The molecular formula is C8H14IN3O. The molecule has 0 aromatic carbocycles. The molecule has 0 heterocycles. The Bertz CT molecular complexity index is 206. The van der Waals surface area contributed by atoms with E-state index in [0.29, 0.717) is 13.0 Å². The molecule has 0 aliphatic carbocycles. The molecule has 0 aliphatic heterocycles. The summed E-state index contributed by atoms with van der Waals surface area (Å²) in [6, 6.07) is 0. The van der Waals surface area contributed by atoms with Gasteiger partial charge in [-0.15, -0.1) is 0 Å². The minimum absolute atomic E-state index is 0.192. The zero-order chi connectivity index (χ0) is 10.3. The first-order valence-electron chi connectivity index (χ1n) is 4.00. The van der Waals surface area contributed by atoms with Crippen molar-refractivity contribution in [2.75, 3.05) is 6.54 Å². The maximum atomic E-state index is 10.7. The Balaban J connectivity index is 3.68. The van der Waals surface area contributed by atoms with E-state index >= 15 is 0 Å². The smallest absolute Gasteiger partial charge is 0.130 e. The molecule has 5 heteroatoms. The molecule has 1 unspecified atom stereocenters. The highest BCUT2D eigenvalue weighted by atomic mass is 127. The van der Waals surface area contributed by atoms with E-state index in [-0.39, 0.29) is 11.7 Å². The molecule has 0 spiro atoms. The van der Waals surface area contributed by atoms with Gasteiger partial charge < -0.3 is 4.79 Å². The zero-order valence-corrected chi connectivity index (χ0v) is 10.1. The van der Waals surface area contributed by atoms with E-state index in [2.05, 4.69) is 16.9 Å². The highest BCUT2D eigenvalue weighted by Gasteiger charge is 2.03. The number of hydrogen-bond acceptors (Lipinski definition) is 3. The van der Waals surface area contributed by atoms with Crippen molar-refractivity contribution in [2.24, 2.45) is 16.3 Å². The lowest BCUT2D eigenvalue weighted by Crippen LogP contribution is -2.05. The largest absolute Gasteiger partial charge is 0.300 e. The fraction of sp³-hybridized carbons (Fsp3) is 0.625. The number of halogens is 1. The van der Waals surface area contributed by atoms with Gasteiger partial charge in [-0.25, -0.2) is 0 Å². The van der Waals surface area contributed by atoms with Crippen LogP contribution in [0.1, 0.15) is 20.3 Å². The van der Waals surface area contributed by atoms with Crippen LogP contribution in [0.15, 0.2) is 23.1 Å². The topological polar surface area (TPSA) is 45.0 Å². The lowest BCUT2D eigenvalue weighted by Gasteiger charge is -2.04. The zero-order valence-electron chi connectivity index (χ0n) is 7.90. The molecule has 0 aromatic rings. The van der Waals surface area contributed by atoms with Gasteiger partial charge in [-0.05, 0) is 12.8 Å². The normalized spacial score (nSPS) is 12.8. The van der Waals surface area contributed by atoms with Crippen LogP contribution in [0.5, 0.6) is 0 Å². The predicted molar refractivity (Wildman–Crippen MR) is 60.2 cm³/mol. The Kier molecular flexibility index (Phi) is 6.75. The van der Waals surface area contributed by atoms with E-state index in [4.69, 9.17) is 0 Å². The summed E-state index contributed by atoms with van der Waals surface area (Å²) in [4.78, 5) is 10.7. The van der Waals surface area contributed by atoms with Crippen LogP contribution in [0, 0.1) is 5.92 Å². The van der Waals surface area contributed by atoms with Crippen molar-refractivity contribution < 1.29 is 4.79 Å². The van der Waals surface area contributed by atoms with E-state index in [9.17, 15) is 4.79 Å². The molecule has 0 saturated heterocycles. The molecule has 0 radical (unpaired) electrons. The first kappa shape index (κ1) is 12.5. The van der Waals surface area contributed by atoms with Crippen molar-refractivity contribution in [3.8, 4) is 0 Å². The van der Waals surface area contributed by atoms with Crippen LogP contribution in [0.2, 0.25) is 0 Å². The molecule has 0 fully saturated rings. The average Bonchev–Trinajstić information content (AvgIpc) is 2.02. The summed E-state index contributed by atoms with van der Waals surface area (Å²) in [6.07, 6.45) is 2.12. The molecule has 0 saturated carbocycles. The molecule has 0 rings (SSSR count). The summed E-state index contributed by atoms with van der Waals surface area (Å²) in [5.41, 5.74) is 0. The van der Waals surface area contributed by atoms with Gasteiger partial charge in [0.25, 0.3) is 0 Å². The van der Waals surface area contributed by atoms with Gasteiger partial charge in [-0.2, -0.15) is 8.34 Å². The minimum Gasteiger partial charge on any atom is -0.300 e. The Morgan fingerprint density at radius 1 is 1.77 bits per heavy atom. The van der Waals surface area contributed by atoms with Gasteiger partial charge in [0.1, 0.15) is 5.78 Å². The van der Waals surface area contributed by atoms with Crippen molar-refractivity contribution in [2.45, 2.75) is 20.3 Å². The maximum absolute atomic E-state index is 10.7. The molecule has 0 N–H and O–H groups in total. The fourth-order valence-corrected chi connectivity index (χ4v) is 0.965. The second kappa shape index (κ2) is 6.99. The van der Waals surface area contributed by atoms with E-state index in [1.807, 2.05) is 29.8 Å². The number of carbonyl (C=O) groups excluding carboxylic acids is 1. The lowest BCUT2D eigenvalue weighted by molar-refractivity contribution is -0.117. The Morgan fingerprint density at radius 3 is 2.85 bits per heavy atom. The monoisotopic (exact) mass is 295 g/mol. The van der Waals surface area contributed by atoms with Crippen LogP contribution in [0.25, 0.3) is 0 Å². The Hall–Kier alpha value is -0.460. The van der Waals surface area contributed by atoms with Crippen LogP contribution in [0.4, 0.5) is 0 Å². The highest BCUT2D eigenvalue weighted by Crippen LogP contribution is 2.05. The van der Waals surface area contributed by atoms with Crippen LogP contribution in [-0.4, -0.2) is 15.6 Å². The molecule has 0 aliphatic rings. The van der Waals surface area contributed by atoms with Gasteiger partial charge in [0.15, 0.2) is 0 Å². The van der Waals surface area contributed by atoms with Gasteiger partial charge in [0.05, 0.1) is 29.4 Å². The highest BCUT2D eigenvalue weighted by molar-refractivity contribution is 14.1. The molecular weight excluding hydrogens is 281 g/mol. The van der Waals surface area contributed by atoms with Crippen LogP contribution < -0.4 is 0 Å². The summed E-state index contributed by atoms with van der Waals surface area (Å²) < 4.78 is 1.50. The predicted octanol–water partition coefficient (Wildman–Crippen LogP) is 2.76. The summed E-state index contributed by atoms with van der Waals surface area (Å²) in [7, 11) is 0. The van der Waals surface area contributed by atoms with Crippen molar-refractivity contribution in [3.63, 3.8) is 0 Å². The second-order valence-corrected chi connectivity index (χ2v) is 3.88.